The number of rotatable bonds is 2. The Kier molecular flexibility index (Phi) is 3.36. The second kappa shape index (κ2) is 4.13. The van der Waals surface area contributed by atoms with Crippen LogP contribution in [-0.4, -0.2) is 17.9 Å². The Morgan fingerprint density at radius 3 is 2.31 bits per heavy atom. The third-order valence-corrected chi connectivity index (χ3v) is 2.34. The lowest BCUT2D eigenvalue weighted by Crippen LogP contribution is -2.17. The molecule has 0 radical (unpaired) electrons. The molecule has 0 spiro atoms. The van der Waals surface area contributed by atoms with Crippen LogP contribution < -0.4 is 0 Å². The van der Waals surface area contributed by atoms with Crippen molar-refractivity contribution in [1.29, 1.82) is 0 Å². The largest absolute Gasteiger partial charge is 0.412 e. The van der Waals surface area contributed by atoms with Gasteiger partial charge in [-0.2, -0.15) is 13.2 Å². The van der Waals surface area contributed by atoms with Gasteiger partial charge in [-0.3, -0.25) is 0 Å². The molecule has 0 aromatic carbocycles. The number of hydrogen-bond donors (Lipinski definition) is 1. The first-order valence-electron chi connectivity index (χ1n) is 4.44. The van der Waals surface area contributed by atoms with Crippen LogP contribution in [0.15, 0.2) is 11.1 Å². The summed E-state index contributed by atoms with van der Waals surface area (Å²) >= 11 is 0. The molecule has 0 amide bonds. The van der Waals surface area contributed by atoms with E-state index in [1.165, 1.54) is 0 Å². The van der Waals surface area contributed by atoms with Gasteiger partial charge in [0.05, 0.1) is 0 Å². The molecule has 0 saturated heterocycles. The van der Waals surface area contributed by atoms with Crippen LogP contribution in [0.2, 0.25) is 0 Å². The molecule has 76 valence electrons. The van der Waals surface area contributed by atoms with Crippen molar-refractivity contribution >= 4 is 0 Å². The standard InChI is InChI=1S/C9H13F3O/c10-9(11,12)8-4-2-1-3-7(8)5-6-13/h13H,1-6H2. The normalized spacial score (nSPS) is 19.4. The van der Waals surface area contributed by atoms with Crippen molar-refractivity contribution in [3.63, 3.8) is 0 Å². The van der Waals surface area contributed by atoms with E-state index in [-0.39, 0.29) is 19.4 Å². The van der Waals surface area contributed by atoms with Crippen molar-refractivity contribution in [3.05, 3.63) is 11.1 Å². The lowest BCUT2D eigenvalue weighted by molar-refractivity contribution is -0.0961. The zero-order chi connectivity index (χ0) is 9.90. The zero-order valence-corrected chi connectivity index (χ0v) is 7.32. The Labute approximate surface area is 75.3 Å². The van der Waals surface area contributed by atoms with Crippen molar-refractivity contribution in [3.8, 4) is 0 Å². The van der Waals surface area contributed by atoms with Crippen LogP contribution in [0.3, 0.4) is 0 Å². The number of alkyl halides is 3. The molecule has 0 bridgehead atoms. The molecule has 0 aromatic heterocycles. The molecule has 0 atom stereocenters. The molecule has 4 heteroatoms. The average molecular weight is 194 g/mol. The highest BCUT2D eigenvalue weighted by molar-refractivity contribution is 5.21. The van der Waals surface area contributed by atoms with Crippen molar-refractivity contribution < 1.29 is 18.3 Å². The third-order valence-electron chi connectivity index (χ3n) is 2.34. The Bertz CT molecular complexity index is 205. The van der Waals surface area contributed by atoms with Gasteiger partial charge in [0, 0.05) is 12.2 Å². The van der Waals surface area contributed by atoms with E-state index in [1.807, 2.05) is 0 Å². The number of halogens is 3. The summed E-state index contributed by atoms with van der Waals surface area (Å²) in [6.07, 6.45) is -1.97. The van der Waals surface area contributed by atoms with Crippen LogP contribution in [0.5, 0.6) is 0 Å². The van der Waals surface area contributed by atoms with Gasteiger partial charge in [-0.15, -0.1) is 0 Å². The van der Waals surface area contributed by atoms with Gasteiger partial charge in [0.1, 0.15) is 0 Å². The molecule has 1 aliphatic carbocycles. The summed E-state index contributed by atoms with van der Waals surface area (Å²) in [6.45, 7) is -0.186. The van der Waals surface area contributed by atoms with E-state index >= 15 is 0 Å². The van der Waals surface area contributed by atoms with Crippen LogP contribution in [0.25, 0.3) is 0 Å². The highest BCUT2D eigenvalue weighted by Crippen LogP contribution is 2.37. The fraction of sp³-hybridized carbons (Fsp3) is 0.778. The van der Waals surface area contributed by atoms with Crippen molar-refractivity contribution in [2.75, 3.05) is 6.61 Å². The molecule has 1 aliphatic rings. The third kappa shape index (κ3) is 2.72. The Balaban J connectivity index is 2.83. The molecule has 1 rings (SSSR count). The van der Waals surface area contributed by atoms with Crippen LogP contribution in [0, 0.1) is 0 Å². The van der Waals surface area contributed by atoms with Gasteiger partial charge in [0.25, 0.3) is 0 Å². The van der Waals surface area contributed by atoms with Crippen LogP contribution in [-0.2, 0) is 0 Å². The van der Waals surface area contributed by atoms with Crippen molar-refractivity contribution in [1.82, 2.24) is 0 Å². The minimum Gasteiger partial charge on any atom is -0.396 e. The minimum atomic E-state index is -4.19. The van der Waals surface area contributed by atoms with Crippen LogP contribution in [0.1, 0.15) is 32.1 Å². The number of aliphatic hydroxyl groups is 1. The topological polar surface area (TPSA) is 20.2 Å². The van der Waals surface area contributed by atoms with Gasteiger partial charge < -0.3 is 5.11 Å². The van der Waals surface area contributed by atoms with Gasteiger partial charge in [-0.1, -0.05) is 5.57 Å². The molecular formula is C9H13F3O. The number of allylic oxidation sites excluding steroid dienone is 1. The smallest absolute Gasteiger partial charge is 0.396 e. The number of aliphatic hydroxyl groups excluding tert-OH is 1. The molecular weight excluding hydrogens is 181 g/mol. The van der Waals surface area contributed by atoms with E-state index in [0.29, 0.717) is 18.4 Å². The fourth-order valence-corrected chi connectivity index (χ4v) is 1.72. The molecule has 0 fully saturated rings. The molecule has 0 saturated carbocycles. The quantitative estimate of drug-likeness (QED) is 0.670. The van der Waals surface area contributed by atoms with Gasteiger partial charge in [0.15, 0.2) is 0 Å². The van der Waals surface area contributed by atoms with E-state index in [9.17, 15) is 13.2 Å². The summed E-state index contributed by atoms with van der Waals surface area (Å²) in [4.78, 5) is 0. The SMILES string of the molecule is OCCC1=C(C(F)(F)F)CCCC1. The molecule has 0 aromatic rings. The first-order valence-corrected chi connectivity index (χ1v) is 4.44. The van der Waals surface area contributed by atoms with E-state index in [4.69, 9.17) is 5.11 Å². The lowest BCUT2D eigenvalue weighted by Gasteiger charge is -2.21. The van der Waals surface area contributed by atoms with Gasteiger partial charge in [0.2, 0.25) is 0 Å². The summed E-state index contributed by atoms with van der Waals surface area (Å²) in [5.74, 6) is 0. The second-order valence-electron chi connectivity index (χ2n) is 3.26. The van der Waals surface area contributed by atoms with Crippen molar-refractivity contribution in [2.45, 2.75) is 38.3 Å². The molecule has 1 N–H and O–H groups in total. The van der Waals surface area contributed by atoms with Gasteiger partial charge >= 0.3 is 6.18 Å². The average Bonchev–Trinajstić information content (AvgIpc) is 2.04. The summed E-state index contributed by atoms with van der Waals surface area (Å²) in [6, 6.07) is 0. The van der Waals surface area contributed by atoms with E-state index < -0.39 is 11.7 Å². The highest BCUT2D eigenvalue weighted by atomic mass is 19.4. The minimum absolute atomic E-state index is 0.124. The number of hydrogen-bond acceptors (Lipinski definition) is 1. The first kappa shape index (κ1) is 10.6. The Hall–Kier alpha value is -0.510. The maximum absolute atomic E-state index is 12.4. The fourth-order valence-electron chi connectivity index (χ4n) is 1.72. The Morgan fingerprint density at radius 1 is 1.15 bits per heavy atom. The van der Waals surface area contributed by atoms with E-state index in [1.54, 1.807) is 0 Å². The maximum atomic E-state index is 12.4. The highest BCUT2D eigenvalue weighted by Gasteiger charge is 2.36. The maximum Gasteiger partial charge on any atom is 0.412 e. The molecule has 0 aliphatic heterocycles. The molecule has 13 heavy (non-hydrogen) atoms. The summed E-state index contributed by atoms with van der Waals surface area (Å²) in [5.41, 5.74) is 0.00838. The Morgan fingerprint density at radius 2 is 1.77 bits per heavy atom. The van der Waals surface area contributed by atoms with E-state index in [0.717, 1.165) is 6.42 Å². The van der Waals surface area contributed by atoms with Gasteiger partial charge in [-0.25, -0.2) is 0 Å². The monoisotopic (exact) mass is 194 g/mol. The van der Waals surface area contributed by atoms with E-state index in [2.05, 4.69) is 0 Å². The molecule has 1 nitrogen and oxygen atoms in total. The molecule has 0 unspecified atom stereocenters. The summed E-state index contributed by atoms with van der Waals surface area (Å²) in [5, 5.41) is 8.60. The molecule has 0 heterocycles. The first-order chi connectivity index (χ1) is 6.05. The van der Waals surface area contributed by atoms with Crippen molar-refractivity contribution in [2.24, 2.45) is 0 Å². The summed E-state index contributed by atoms with van der Waals surface area (Å²) in [7, 11) is 0. The zero-order valence-electron chi connectivity index (χ0n) is 7.32. The second-order valence-corrected chi connectivity index (χ2v) is 3.26. The van der Waals surface area contributed by atoms with Crippen LogP contribution >= 0.6 is 0 Å². The lowest BCUT2D eigenvalue weighted by atomic mass is 9.90. The predicted octanol–water partition coefficient (Wildman–Crippen LogP) is 2.80. The van der Waals surface area contributed by atoms with Gasteiger partial charge in [-0.05, 0) is 32.1 Å². The summed E-state index contributed by atoms with van der Waals surface area (Å²) < 4.78 is 37.1. The van der Waals surface area contributed by atoms with Crippen LogP contribution in [0.4, 0.5) is 13.2 Å². The predicted molar refractivity (Wildman–Crippen MR) is 43.3 cm³/mol.